The van der Waals surface area contributed by atoms with E-state index in [1.165, 1.54) is 12.1 Å². The average molecular weight is 325 g/mol. The van der Waals surface area contributed by atoms with E-state index in [-0.39, 0.29) is 10.5 Å². The number of hydrogen-bond donors (Lipinski definition) is 2. The van der Waals surface area contributed by atoms with E-state index in [1.54, 1.807) is 0 Å². The standard InChI is InChI=1S/C12H14F3NO4S/c1-11(10(17)18,16-7-12(13,14)15)8-3-5-9(6-4-8)21(2,19)20/h3-6,16H,7H2,1-2H3,(H,17,18). The summed E-state index contributed by atoms with van der Waals surface area (Å²) in [5, 5.41) is 11.1. The van der Waals surface area contributed by atoms with Crippen LogP contribution in [0.1, 0.15) is 12.5 Å². The van der Waals surface area contributed by atoms with Gasteiger partial charge in [-0.2, -0.15) is 13.2 Å². The van der Waals surface area contributed by atoms with Crippen LogP contribution in [0.15, 0.2) is 29.2 Å². The Hall–Kier alpha value is -1.61. The maximum absolute atomic E-state index is 12.3. The monoisotopic (exact) mass is 325 g/mol. The molecule has 0 aliphatic carbocycles. The lowest BCUT2D eigenvalue weighted by Crippen LogP contribution is -2.50. The Balaban J connectivity index is 3.14. The van der Waals surface area contributed by atoms with Crippen LogP contribution < -0.4 is 5.32 Å². The van der Waals surface area contributed by atoms with Gasteiger partial charge in [-0.1, -0.05) is 12.1 Å². The Morgan fingerprint density at radius 1 is 1.24 bits per heavy atom. The van der Waals surface area contributed by atoms with Crippen LogP contribution in [0.3, 0.4) is 0 Å². The molecule has 0 fully saturated rings. The van der Waals surface area contributed by atoms with Crippen molar-refractivity contribution in [2.75, 3.05) is 12.8 Å². The first-order valence-electron chi connectivity index (χ1n) is 5.72. The predicted molar refractivity (Wildman–Crippen MR) is 68.6 cm³/mol. The topological polar surface area (TPSA) is 83.5 Å². The summed E-state index contributed by atoms with van der Waals surface area (Å²) in [5.41, 5.74) is -1.96. The molecule has 0 aliphatic heterocycles. The second kappa shape index (κ2) is 5.64. The number of carboxylic acid groups (broad SMARTS) is 1. The summed E-state index contributed by atoms with van der Waals surface area (Å²) in [4.78, 5) is 11.2. The fourth-order valence-electron chi connectivity index (χ4n) is 1.61. The summed E-state index contributed by atoms with van der Waals surface area (Å²) < 4.78 is 59.4. The number of alkyl halides is 3. The van der Waals surface area contributed by atoms with Gasteiger partial charge in [0.15, 0.2) is 9.84 Å². The molecule has 0 saturated carbocycles. The number of carbonyl (C=O) groups is 1. The van der Waals surface area contributed by atoms with E-state index in [9.17, 15) is 26.4 Å². The van der Waals surface area contributed by atoms with E-state index in [0.29, 0.717) is 0 Å². The molecule has 0 aliphatic rings. The van der Waals surface area contributed by atoms with Crippen molar-refractivity contribution in [2.24, 2.45) is 0 Å². The molecule has 1 unspecified atom stereocenters. The van der Waals surface area contributed by atoms with Gasteiger partial charge in [0.2, 0.25) is 0 Å². The predicted octanol–water partition coefficient (Wildman–Crippen LogP) is 1.54. The molecule has 1 aromatic rings. The van der Waals surface area contributed by atoms with Crippen molar-refractivity contribution in [1.82, 2.24) is 5.32 Å². The number of sulfone groups is 1. The fourth-order valence-corrected chi connectivity index (χ4v) is 2.24. The molecule has 118 valence electrons. The van der Waals surface area contributed by atoms with Crippen molar-refractivity contribution in [3.8, 4) is 0 Å². The number of aliphatic carboxylic acids is 1. The maximum Gasteiger partial charge on any atom is 0.401 e. The van der Waals surface area contributed by atoms with Gasteiger partial charge in [0.05, 0.1) is 11.4 Å². The fraction of sp³-hybridized carbons (Fsp3) is 0.417. The van der Waals surface area contributed by atoms with E-state index in [4.69, 9.17) is 5.11 Å². The summed E-state index contributed by atoms with van der Waals surface area (Å²) >= 11 is 0. The van der Waals surface area contributed by atoms with Crippen molar-refractivity contribution in [1.29, 1.82) is 0 Å². The molecule has 0 radical (unpaired) electrons. The SMILES string of the molecule is CC(NCC(F)(F)F)(C(=O)O)c1ccc(S(C)(=O)=O)cc1. The highest BCUT2D eigenvalue weighted by atomic mass is 32.2. The molecule has 0 aromatic heterocycles. The summed E-state index contributed by atoms with van der Waals surface area (Å²) in [6.45, 7) is -0.403. The Morgan fingerprint density at radius 2 is 1.71 bits per heavy atom. The molecular weight excluding hydrogens is 311 g/mol. The lowest BCUT2D eigenvalue weighted by Gasteiger charge is -2.27. The van der Waals surface area contributed by atoms with E-state index in [0.717, 1.165) is 25.3 Å². The molecule has 0 spiro atoms. The third kappa shape index (κ3) is 4.43. The average Bonchev–Trinajstić information content (AvgIpc) is 2.34. The van der Waals surface area contributed by atoms with Gasteiger partial charge >= 0.3 is 12.1 Å². The first-order valence-corrected chi connectivity index (χ1v) is 7.61. The molecule has 5 nitrogen and oxygen atoms in total. The smallest absolute Gasteiger partial charge is 0.401 e. The Kier molecular flexibility index (Phi) is 4.69. The van der Waals surface area contributed by atoms with Crippen LogP contribution in [0.2, 0.25) is 0 Å². The maximum atomic E-state index is 12.3. The second-order valence-electron chi connectivity index (χ2n) is 4.70. The van der Waals surface area contributed by atoms with Crippen molar-refractivity contribution < 1.29 is 31.5 Å². The highest BCUT2D eigenvalue weighted by molar-refractivity contribution is 7.90. The summed E-state index contributed by atoms with van der Waals surface area (Å²) in [7, 11) is -3.47. The van der Waals surface area contributed by atoms with Crippen LogP contribution in [0, 0.1) is 0 Å². The molecule has 0 bridgehead atoms. The zero-order valence-electron chi connectivity index (χ0n) is 11.2. The van der Waals surface area contributed by atoms with Crippen molar-refractivity contribution in [3.05, 3.63) is 29.8 Å². The van der Waals surface area contributed by atoms with Gasteiger partial charge in [-0.25, -0.2) is 13.2 Å². The minimum absolute atomic E-state index is 0.0200. The van der Waals surface area contributed by atoms with Crippen molar-refractivity contribution in [2.45, 2.75) is 23.5 Å². The quantitative estimate of drug-likeness (QED) is 0.858. The molecular formula is C12H14F3NO4S. The second-order valence-corrected chi connectivity index (χ2v) is 6.71. The molecule has 0 saturated heterocycles. The number of halogens is 3. The van der Waals surface area contributed by atoms with E-state index in [2.05, 4.69) is 0 Å². The Bertz CT molecular complexity index is 625. The van der Waals surface area contributed by atoms with Crippen LogP contribution in [0.5, 0.6) is 0 Å². The van der Waals surface area contributed by atoms with E-state index < -0.39 is 34.1 Å². The summed E-state index contributed by atoms with van der Waals surface area (Å²) in [5.74, 6) is -1.50. The van der Waals surface area contributed by atoms with Crippen LogP contribution in [-0.4, -0.2) is 38.5 Å². The molecule has 1 rings (SSSR count). The van der Waals surface area contributed by atoms with Gasteiger partial charge in [0.1, 0.15) is 5.54 Å². The van der Waals surface area contributed by atoms with Crippen molar-refractivity contribution >= 4 is 15.8 Å². The highest BCUT2D eigenvalue weighted by Crippen LogP contribution is 2.25. The zero-order valence-corrected chi connectivity index (χ0v) is 12.0. The lowest BCUT2D eigenvalue weighted by atomic mass is 9.92. The third-order valence-corrected chi connectivity index (χ3v) is 4.06. The number of carboxylic acids is 1. The molecule has 1 aromatic carbocycles. The van der Waals surface area contributed by atoms with Gasteiger partial charge in [0, 0.05) is 6.26 Å². The number of rotatable bonds is 5. The molecule has 2 N–H and O–H groups in total. The van der Waals surface area contributed by atoms with E-state index in [1.807, 2.05) is 5.32 Å². The summed E-state index contributed by atoms with van der Waals surface area (Å²) in [6, 6.07) is 4.66. The van der Waals surface area contributed by atoms with Gasteiger partial charge in [-0.3, -0.25) is 5.32 Å². The number of nitrogens with one attached hydrogen (secondary N) is 1. The first kappa shape index (κ1) is 17.4. The van der Waals surface area contributed by atoms with Gasteiger partial charge < -0.3 is 5.11 Å². The van der Waals surface area contributed by atoms with Crippen LogP contribution >= 0.6 is 0 Å². The van der Waals surface area contributed by atoms with Gasteiger partial charge in [-0.15, -0.1) is 0 Å². The molecule has 0 heterocycles. The van der Waals surface area contributed by atoms with E-state index >= 15 is 0 Å². The lowest BCUT2D eigenvalue weighted by molar-refractivity contribution is -0.150. The minimum atomic E-state index is -4.57. The first-order chi connectivity index (χ1) is 9.36. The largest absolute Gasteiger partial charge is 0.480 e. The minimum Gasteiger partial charge on any atom is -0.480 e. The van der Waals surface area contributed by atoms with Gasteiger partial charge in [-0.05, 0) is 24.6 Å². The van der Waals surface area contributed by atoms with Crippen LogP contribution in [0.25, 0.3) is 0 Å². The molecule has 9 heteroatoms. The Morgan fingerprint density at radius 3 is 2.05 bits per heavy atom. The summed E-state index contributed by atoms with van der Waals surface area (Å²) in [6.07, 6.45) is -3.59. The van der Waals surface area contributed by atoms with Crippen LogP contribution in [-0.2, 0) is 20.2 Å². The molecule has 1 atom stereocenters. The Labute approximate surface area is 119 Å². The van der Waals surface area contributed by atoms with Gasteiger partial charge in [0.25, 0.3) is 0 Å². The van der Waals surface area contributed by atoms with Crippen LogP contribution in [0.4, 0.5) is 13.2 Å². The number of benzene rings is 1. The molecule has 0 amide bonds. The zero-order chi connectivity index (χ0) is 16.5. The normalized spacial score (nSPS) is 15.5. The highest BCUT2D eigenvalue weighted by Gasteiger charge is 2.39. The third-order valence-electron chi connectivity index (χ3n) is 2.93. The van der Waals surface area contributed by atoms with Crippen molar-refractivity contribution in [3.63, 3.8) is 0 Å². The molecule has 21 heavy (non-hydrogen) atoms. The number of hydrogen-bond acceptors (Lipinski definition) is 4.